The van der Waals surface area contributed by atoms with Gasteiger partial charge in [-0.25, -0.2) is 15.0 Å². The van der Waals surface area contributed by atoms with Crippen LogP contribution in [0.5, 0.6) is 0 Å². The van der Waals surface area contributed by atoms with Crippen LogP contribution >= 0.6 is 11.8 Å². The molecule has 0 atom stereocenters. The molecule has 6 aromatic rings. The van der Waals surface area contributed by atoms with Gasteiger partial charge in [0.05, 0.1) is 0 Å². The molecule has 7 rings (SSSR count). The lowest BCUT2D eigenvalue weighted by molar-refractivity contribution is 0.607. The smallest absolute Gasteiger partial charge is 0.182 e. The summed E-state index contributed by atoms with van der Waals surface area (Å²) in [5.41, 5.74) is 7.42. The molecule has 0 N–H and O–H groups in total. The molecule has 4 aromatic carbocycles. The van der Waals surface area contributed by atoms with Gasteiger partial charge in [0, 0.05) is 32.5 Å². The number of rotatable bonds is 4. The zero-order chi connectivity index (χ0) is 27.1. The quantitative estimate of drug-likeness (QED) is 0.226. The van der Waals surface area contributed by atoms with Crippen molar-refractivity contribution in [2.45, 2.75) is 29.1 Å². The van der Waals surface area contributed by atoms with Gasteiger partial charge in [-0.3, -0.25) is 4.98 Å². The van der Waals surface area contributed by atoms with E-state index in [2.05, 4.69) is 79.5 Å². The van der Waals surface area contributed by atoms with E-state index in [1.54, 1.807) is 6.20 Å². The highest BCUT2D eigenvalue weighted by Gasteiger charge is 2.33. The van der Waals surface area contributed by atoms with Gasteiger partial charge in [0.2, 0.25) is 0 Å². The van der Waals surface area contributed by atoms with E-state index in [1.807, 2.05) is 66.4 Å². The molecule has 0 fully saturated rings. The molecule has 40 heavy (non-hydrogen) atoms. The minimum Gasteiger partial charge on any atom is -0.253 e. The number of nitrogens with zero attached hydrogens (tertiary/aromatic N) is 4. The van der Waals surface area contributed by atoms with Gasteiger partial charge in [0.25, 0.3) is 0 Å². The third-order valence-corrected chi connectivity index (χ3v) is 8.63. The molecule has 1 aliphatic rings. The number of benzene rings is 4. The second-order valence-electron chi connectivity index (χ2n) is 10.4. The van der Waals surface area contributed by atoms with Gasteiger partial charge in [-0.15, -0.1) is 0 Å². The van der Waals surface area contributed by atoms with Gasteiger partial charge < -0.3 is 0 Å². The van der Waals surface area contributed by atoms with Crippen LogP contribution in [0, 0.1) is 0 Å². The van der Waals surface area contributed by atoms with Crippen LogP contribution in [0.15, 0.2) is 131 Å². The summed E-state index contributed by atoms with van der Waals surface area (Å²) in [5, 5.41) is 0. The Kier molecular flexibility index (Phi) is 6.02. The van der Waals surface area contributed by atoms with Crippen LogP contribution < -0.4 is 0 Å². The van der Waals surface area contributed by atoms with Crippen molar-refractivity contribution >= 4 is 11.8 Å². The first-order chi connectivity index (χ1) is 19.6. The fourth-order valence-electron chi connectivity index (χ4n) is 5.36. The van der Waals surface area contributed by atoms with Crippen LogP contribution in [0.2, 0.25) is 0 Å². The summed E-state index contributed by atoms with van der Waals surface area (Å²) in [6.07, 6.45) is 1.76. The van der Waals surface area contributed by atoms with E-state index in [-0.39, 0.29) is 5.41 Å². The topological polar surface area (TPSA) is 51.6 Å². The number of fused-ring (bicyclic) bond motifs is 2. The van der Waals surface area contributed by atoms with Crippen LogP contribution in [0.3, 0.4) is 0 Å². The third kappa shape index (κ3) is 4.29. The molecule has 0 radical (unpaired) electrons. The van der Waals surface area contributed by atoms with Crippen LogP contribution in [-0.4, -0.2) is 19.9 Å². The average Bonchev–Trinajstić information content (AvgIpc) is 3.02. The van der Waals surface area contributed by atoms with Crippen LogP contribution in [-0.2, 0) is 5.41 Å². The third-order valence-electron chi connectivity index (χ3n) is 7.47. The Morgan fingerprint density at radius 3 is 2.02 bits per heavy atom. The molecular weight excluding hydrogens is 508 g/mol. The molecule has 0 aliphatic carbocycles. The van der Waals surface area contributed by atoms with E-state index in [0.717, 1.165) is 22.3 Å². The Hall–Kier alpha value is -4.61. The predicted molar refractivity (Wildman–Crippen MR) is 162 cm³/mol. The van der Waals surface area contributed by atoms with Crippen molar-refractivity contribution < 1.29 is 0 Å². The average molecular weight is 535 g/mol. The largest absolute Gasteiger partial charge is 0.253 e. The molecule has 4 nitrogen and oxygen atoms in total. The number of aromatic nitrogens is 4. The summed E-state index contributed by atoms with van der Waals surface area (Å²) >= 11 is 1.85. The normalized spacial score (nSPS) is 13.3. The summed E-state index contributed by atoms with van der Waals surface area (Å²) in [4.78, 5) is 21.9. The number of pyridine rings is 1. The van der Waals surface area contributed by atoms with E-state index in [0.29, 0.717) is 23.2 Å². The Balaban J connectivity index is 1.39. The van der Waals surface area contributed by atoms with Gasteiger partial charge in [-0.1, -0.05) is 111 Å². The SMILES string of the molecule is CC1(C)c2ccccc2Sc2ccc(-c3ccccc3-c3nc(-c4ccccc4)nc(-c4ccccn4)n3)cc21. The fourth-order valence-corrected chi connectivity index (χ4v) is 6.74. The van der Waals surface area contributed by atoms with Crippen LogP contribution in [0.25, 0.3) is 45.4 Å². The summed E-state index contributed by atoms with van der Waals surface area (Å²) in [5.74, 6) is 1.81. The maximum absolute atomic E-state index is 4.98. The molecule has 5 heteroatoms. The van der Waals surface area contributed by atoms with Crippen molar-refractivity contribution in [3.05, 3.63) is 133 Å². The summed E-state index contributed by atoms with van der Waals surface area (Å²) < 4.78 is 0. The summed E-state index contributed by atoms with van der Waals surface area (Å²) in [6, 6.07) is 39.7. The summed E-state index contributed by atoms with van der Waals surface area (Å²) in [7, 11) is 0. The zero-order valence-corrected chi connectivity index (χ0v) is 23.1. The lowest BCUT2D eigenvalue weighted by Crippen LogP contribution is -2.23. The fraction of sp³-hybridized carbons (Fsp3) is 0.0857. The molecule has 0 spiro atoms. The molecule has 192 valence electrons. The first kappa shape index (κ1) is 24.4. The van der Waals surface area contributed by atoms with Crippen molar-refractivity contribution in [1.82, 2.24) is 19.9 Å². The first-order valence-corrected chi connectivity index (χ1v) is 14.1. The molecule has 2 aromatic heterocycles. The highest BCUT2D eigenvalue weighted by Crippen LogP contribution is 2.50. The van der Waals surface area contributed by atoms with Gasteiger partial charge >= 0.3 is 0 Å². The Morgan fingerprint density at radius 2 is 1.20 bits per heavy atom. The lowest BCUT2D eigenvalue weighted by Gasteiger charge is -2.35. The van der Waals surface area contributed by atoms with Crippen molar-refractivity contribution in [3.8, 4) is 45.4 Å². The van der Waals surface area contributed by atoms with E-state index in [9.17, 15) is 0 Å². The number of hydrogen-bond donors (Lipinski definition) is 0. The number of hydrogen-bond acceptors (Lipinski definition) is 5. The van der Waals surface area contributed by atoms with E-state index in [4.69, 9.17) is 15.0 Å². The Morgan fingerprint density at radius 1 is 0.525 bits per heavy atom. The molecule has 3 heterocycles. The molecule has 0 saturated carbocycles. The summed E-state index contributed by atoms with van der Waals surface area (Å²) in [6.45, 7) is 4.63. The monoisotopic (exact) mass is 534 g/mol. The maximum Gasteiger partial charge on any atom is 0.182 e. The minimum atomic E-state index is -0.109. The highest BCUT2D eigenvalue weighted by molar-refractivity contribution is 7.99. The van der Waals surface area contributed by atoms with Crippen LogP contribution in [0.4, 0.5) is 0 Å². The van der Waals surface area contributed by atoms with Gasteiger partial charge in [-0.05, 0) is 52.6 Å². The van der Waals surface area contributed by atoms with Crippen molar-refractivity contribution in [2.24, 2.45) is 0 Å². The molecule has 0 amide bonds. The minimum absolute atomic E-state index is 0.109. The van der Waals surface area contributed by atoms with Crippen molar-refractivity contribution in [3.63, 3.8) is 0 Å². The molecule has 0 unspecified atom stereocenters. The van der Waals surface area contributed by atoms with Crippen molar-refractivity contribution in [1.29, 1.82) is 0 Å². The second kappa shape index (κ2) is 9.85. The van der Waals surface area contributed by atoms with Crippen molar-refractivity contribution in [2.75, 3.05) is 0 Å². The molecule has 0 bridgehead atoms. The van der Waals surface area contributed by atoms with Gasteiger partial charge in [0.15, 0.2) is 17.5 Å². The van der Waals surface area contributed by atoms with Gasteiger partial charge in [0.1, 0.15) is 5.69 Å². The lowest BCUT2D eigenvalue weighted by atomic mass is 9.77. The second-order valence-corrected chi connectivity index (χ2v) is 11.5. The maximum atomic E-state index is 4.98. The highest BCUT2D eigenvalue weighted by atomic mass is 32.2. The predicted octanol–water partition coefficient (Wildman–Crippen LogP) is 8.73. The van der Waals surface area contributed by atoms with E-state index < -0.39 is 0 Å². The Bertz CT molecular complexity index is 1790. The Labute approximate surface area is 238 Å². The van der Waals surface area contributed by atoms with E-state index in [1.165, 1.54) is 20.9 Å². The first-order valence-electron chi connectivity index (χ1n) is 13.3. The molecule has 0 saturated heterocycles. The molecule has 1 aliphatic heterocycles. The molecular formula is C35H26N4S. The standard InChI is InChI=1S/C35H26N4S/c1-35(2)27-16-8-9-18-30(27)40-31-20-19-24(22-28(31)35)25-14-6-7-15-26(25)33-37-32(23-12-4-3-5-13-23)38-34(39-33)29-17-10-11-21-36-29/h3-22H,1-2H3. The zero-order valence-electron chi connectivity index (χ0n) is 22.2. The van der Waals surface area contributed by atoms with Gasteiger partial charge in [-0.2, -0.15) is 0 Å². The van der Waals surface area contributed by atoms with E-state index >= 15 is 0 Å². The van der Waals surface area contributed by atoms with Crippen LogP contribution in [0.1, 0.15) is 25.0 Å².